The molecule has 2 amide bonds. The van der Waals surface area contributed by atoms with Crippen LogP contribution in [0.3, 0.4) is 0 Å². The first kappa shape index (κ1) is 27.9. The molecule has 1 unspecified atom stereocenters. The number of halogens is 2. The van der Waals surface area contributed by atoms with Crippen molar-refractivity contribution in [3.63, 3.8) is 0 Å². The topological polar surface area (TPSA) is 105 Å². The van der Waals surface area contributed by atoms with Crippen molar-refractivity contribution in [3.8, 4) is 0 Å². The fourth-order valence-electron chi connectivity index (χ4n) is 4.36. The minimum Gasteiger partial charge on any atom is -0.443 e. The maximum atomic E-state index is 15.0. The lowest BCUT2D eigenvalue weighted by Gasteiger charge is -2.37. The van der Waals surface area contributed by atoms with E-state index in [1.54, 1.807) is 59.7 Å². The van der Waals surface area contributed by atoms with Crippen LogP contribution in [0.2, 0.25) is 5.02 Å². The molecule has 3 rings (SSSR count). The van der Waals surface area contributed by atoms with Gasteiger partial charge in [0.2, 0.25) is 10.0 Å². The Hall–Kier alpha value is -2.69. The van der Waals surface area contributed by atoms with Crippen LogP contribution in [0.25, 0.3) is 0 Å². The van der Waals surface area contributed by atoms with Gasteiger partial charge in [-0.15, -0.1) is 0 Å². The number of amides is 2. The van der Waals surface area contributed by atoms with Crippen molar-refractivity contribution >= 4 is 33.6 Å². The highest BCUT2D eigenvalue weighted by Gasteiger charge is 2.44. The summed E-state index contributed by atoms with van der Waals surface area (Å²) >= 11 is 6.08. The van der Waals surface area contributed by atoms with E-state index in [-0.39, 0.29) is 22.0 Å². The van der Waals surface area contributed by atoms with E-state index in [0.717, 1.165) is 9.87 Å². The predicted octanol–water partition coefficient (Wildman–Crippen LogP) is 4.37. The van der Waals surface area contributed by atoms with Gasteiger partial charge < -0.3 is 4.74 Å². The molecule has 0 bridgehead atoms. The third kappa shape index (κ3) is 5.82. The molecule has 0 spiro atoms. The Morgan fingerprint density at radius 3 is 2.44 bits per heavy atom. The summed E-state index contributed by atoms with van der Waals surface area (Å²) in [7, 11) is -4.18. The number of carbonyl (C=O) groups is 2. The van der Waals surface area contributed by atoms with Crippen LogP contribution < -0.4 is 10.9 Å². The lowest BCUT2D eigenvalue weighted by atomic mass is 9.87. The van der Waals surface area contributed by atoms with Crippen molar-refractivity contribution in [3.05, 3.63) is 63.4 Å². The second-order valence-corrected chi connectivity index (χ2v) is 12.2. The Kier molecular flexibility index (Phi) is 8.02. The van der Waals surface area contributed by atoms with E-state index in [0.29, 0.717) is 17.5 Å². The van der Waals surface area contributed by atoms with Crippen LogP contribution in [0, 0.1) is 19.7 Å². The average Bonchev–Trinajstić information content (AvgIpc) is 2.76. The Bertz CT molecular complexity index is 1290. The molecule has 0 aromatic heterocycles. The van der Waals surface area contributed by atoms with Crippen molar-refractivity contribution in [1.29, 1.82) is 0 Å². The second kappa shape index (κ2) is 10.4. The molecule has 8 nitrogen and oxygen atoms in total. The van der Waals surface area contributed by atoms with Crippen LogP contribution in [0.15, 0.2) is 35.2 Å². The molecule has 2 N–H and O–H groups in total. The van der Waals surface area contributed by atoms with Crippen LogP contribution in [-0.4, -0.2) is 42.9 Å². The molecular formula is C25H31ClFN3O5S. The Balaban J connectivity index is 2.05. The summed E-state index contributed by atoms with van der Waals surface area (Å²) in [5.41, 5.74) is 5.81. The molecule has 2 aromatic carbocycles. The first-order valence-corrected chi connectivity index (χ1v) is 13.3. The predicted molar refractivity (Wildman–Crippen MR) is 135 cm³/mol. The summed E-state index contributed by atoms with van der Waals surface area (Å²) in [6.07, 6.45) is -0.587. The van der Waals surface area contributed by atoms with Crippen molar-refractivity contribution in [1.82, 2.24) is 15.2 Å². The van der Waals surface area contributed by atoms with E-state index >= 15 is 4.39 Å². The number of hydrogen-bond donors (Lipinski definition) is 2. The van der Waals surface area contributed by atoms with Crippen molar-refractivity contribution < 1.29 is 27.1 Å². The smallest absolute Gasteiger partial charge is 0.426 e. The van der Waals surface area contributed by atoms with Gasteiger partial charge in [0.25, 0.3) is 5.91 Å². The molecule has 2 aromatic rings. The zero-order valence-corrected chi connectivity index (χ0v) is 22.7. The highest BCUT2D eigenvalue weighted by atomic mass is 35.5. The van der Waals surface area contributed by atoms with Crippen LogP contribution in [-0.2, 0) is 26.0 Å². The number of nitrogens with one attached hydrogen (secondary N) is 2. The van der Waals surface area contributed by atoms with Crippen LogP contribution in [0.4, 0.5) is 9.18 Å². The standard InChI is InChI=1S/C25H31ClFN3O5S/c1-14-7-10-19(27)21(15(14)2)16(3)22(23(31)28-29-24(32)35-25(4,5)6)30-12-11-17-8-9-18(26)13-20(17)36(30,33)34/h7-10,13,16,22H,11-12H2,1-6H3,(H,28,31)(H,29,32)/t16?,22-/m0/s1. The summed E-state index contributed by atoms with van der Waals surface area (Å²) in [6, 6.07) is 6.12. The third-order valence-electron chi connectivity index (χ3n) is 6.14. The molecule has 0 aliphatic carbocycles. The molecule has 0 radical (unpaired) electrons. The molecule has 1 aliphatic rings. The highest BCUT2D eigenvalue weighted by Crippen LogP contribution is 2.36. The van der Waals surface area contributed by atoms with E-state index < -0.39 is 45.4 Å². The lowest BCUT2D eigenvalue weighted by Crippen LogP contribution is -2.57. The number of hydrazine groups is 1. The van der Waals surface area contributed by atoms with Crippen molar-refractivity contribution in [2.75, 3.05) is 6.54 Å². The van der Waals surface area contributed by atoms with Crippen molar-refractivity contribution in [2.45, 2.75) is 70.4 Å². The van der Waals surface area contributed by atoms with Gasteiger partial charge in [-0.05, 0) is 81.5 Å². The Morgan fingerprint density at radius 1 is 1.14 bits per heavy atom. The number of aryl methyl sites for hydroxylation is 1. The Labute approximate surface area is 216 Å². The first-order chi connectivity index (χ1) is 16.6. The lowest BCUT2D eigenvalue weighted by molar-refractivity contribution is -0.126. The second-order valence-electron chi connectivity index (χ2n) is 9.87. The maximum absolute atomic E-state index is 15.0. The molecule has 1 heterocycles. The molecule has 196 valence electrons. The first-order valence-electron chi connectivity index (χ1n) is 11.5. The summed E-state index contributed by atoms with van der Waals surface area (Å²) in [5.74, 6) is -2.29. The molecular weight excluding hydrogens is 509 g/mol. The number of sulfonamides is 1. The number of hydrogen-bond acceptors (Lipinski definition) is 5. The number of carbonyl (C=O) groups excluding carboxylic acids is 2. The van der Waals surface area contributed by atoms with E-state index in [1.807, 2.05) is 0 Å². The van der Waals surface area contributed by atoms with Crippen LogP contribution in [0.1, 0.15) is 55.9 Å². The van der Waals surface area contributed by atoms with Gasteiger partial charge in [0.05, 0.1) is 4.90 Å². The minimum absolute atomic E-state index is 0.00668. The zero-order chi connectivity index (χ0) is 27.0. The summed E-state index contributed by atoms with van der Waals surface area (Å²) < 4.78 is 48.6. The van der Waals surface area contributed by atoms with E-state index in [9.17, 15) is 18.0 Å². The quantitative estimate of drug-likeness (QED) is 0.561. The molecule has 0 saturated heterocycles. The van der Waals surface area contributed by atoms with Gasteiger partial charge in [-0.1, -0.05) is 30.7 Å². The molecule has 2 atom stereocenters. The van der Waals surface area contributed by atoms with Gasteiger partial charge in [-0.3, -0.25) is 10.2 Å². The van der Waals surface area contributed by atoms with Gasteiger partial charge in [-0.2, -0.15) is 4.31 Å². The number of nitrogens with zero attached hydrogens (tertiary/aromatic N) is 1. The van der Waals surface area contributed by atoms with E-state index in [4.69, 9.17) is 16.3 Å². The fourth-order valence-corrected chi connectivity index (χ4v) is 6.54. The number of ether oxygens (including phenoxy) is 1. The van der Waals surface area contributed by atoms with Gasteiger partial charge in [0.15, 0.2) is 0 Å². The molecule has 0 fully saturated rings. The summed E-state index contributed by atoms with van der Waals surface area (Å²) in [4.78, 5) is 25.6. The maximum Gasteiger partial charge on any atom is 0.426 e. The van der Waals surface area contributed by atoms with Gasteiger partial charge >= 0.3 is 6.09 Å². The molecule has 1 aliphatic heterocycles. The van der Waals surface area contributed by atoms with E-state index in [2.05, 4.69) is 10.9 Å². The summed E-state index contributed by atoms with van der Waals surface area (Å²) in [6.45, 7) is 10.1. The average molecular weight is 540 g/mol. The molecule has 11 heteroatoms. The minimum atomic E-state index is -4.18. The SMILES string of the molecule is Cc1ccc(F)c(C(C)[C@@H](C(=O)NNC(=O)OC(C)(C)C)N2CCc3ccc(Cl)cc3S2(=O)=O)c1C. The number of fused-ring (bicyclic) bond motifs is 1. The summed E-state index contributed by atoms with van der Waals surface area (Å²) in [5, 5.41) is 0.236. The Morgan fingerprint density at radius 2 is 1.81 bits per heavy atom. The normalized spacial score (nSPS) is 17.0. The third-order valence-corrected chi connectivity index (χ3v) is 8.34. The van der Waals surface area contributed by atoms with Crippen LogP contribution >= 0.6 is 11.6 Å². The number of benzene rings is 2. The molecule has 0 saturated carbocycles. The zero-order valence-electron chi connectivity index (χ0n) is 21.1. The van der Waals surface area contributed by atoms with E-state index in [1.165, 1.54) is 12.1 Å². The van der Waals surface area contributed by atoms with Gasteiger partial charge in [-0.25, -0.2) is 23.0 Å². The monoisotopic (exact) mass is 539 g/mol. The molecule has 36 heavy (non-hydrogen) atoms. The van der Waals surface area contributed by atoms with Gasteiger partial charge in [0, 0.05) is 17.5 Å². The largest absolute Gasteiger partial charge is 0.443 e. The number of rotatable bonds is 4. The fraction of sp³-hybridized carbons (Fsp3) is 0.440. The highest BCUT2D eigenvalue weighted by molar-refractivity contribution is 7.89. The van der Waals surface area contributed by atoms with Gasteiger partial charge in [0.1, 0.15) is 17.5 Å². The van der Waals surface area contributed by atoms with Crippen molar-refractivity contribution in [2.24, 2.45) is 0 Å². The van der Waals surface area contributed by atoms with Crippen LogP contribution in [0.5, 0.6) is 0 Å².